The molecule has 16 heavy (non-hydrogen) atoms. The third-order valence-electron chi connectivity index (χ3n) is 2.56. The number of benzene rings is 1. The average Bonchev–Trinajstić information content (AvgIpc) is 2.33. The van der Waals surface area contributed by atoms with Crippen LogP contribution in [-0.2, 0) is 17.8 Å². The lowest BCUT2D eigenvalue weighted by Crippen LogP contribution is -2.19. The summed E-state index contributed by atoms with van der Waals surface area (Å²) in [6.45, 7) is 2.34. The Hall–Kier alpha value is -1.26. The van der Waals surface area contributed by atoms with E-state index < -0.39 is 0 Å². The summed E-state index contributed by atoms with van der Waals surface area (Å²) in [5.41, 5.74) is 7.70. The molecule has 1 heterocycles. The fraction of sp³-hybridized carbons (Fsp3) is 0.500. The topological polar surface area (TPSA) is 53.7 Å². The van der Waals surface area contributed by atoms with E-state index in [1.165, 1.54) is 0 Å². The SMILES string of the molecule is COCc1ccc(CCN)c2c1OCCO2. The first-order chi connectivity index (χ1) is 7.86. The van der Waals surface area contributed by atoms with Gasteiger partial charge in [-0.3, -0.25) is 0 Å². The lowest BCUT2D eigenvalue weighted by atomic mass is 10.1. The van der Waals surface area contributed by atoms with Crippen molar-refractivity contribution in [3.05, 3.63) is 23.3 Å². The van der Waals surface area contributed by atoms with Crippen molar-refractivity contribution in [1.29, 1.82) is 0 Å². The third-order valence-corrected chi connectivity index (χ3v) is 2.56. The maximum Gasteiger partial charge on any atom is 0.167 e. The van der Waals surface area contributed by atoms with Gasteiger partial charge in [0.2, 0.25) is 0 Å². The smallest absolute Gasteiger partial charge is 0.167 e. The second kappa shape index (κ2) is 5.18. The van der Waals surface area contributed by atoms with Gasteiger partial charge in [-0.05, 0) is 18.5 Å². The molecule has 1 aromatic rings. The van der Waals surface area contributed by atoms with E-state index >= 15 is 0 Å². The number of hydrogen-bond donors (Lipinski definition) is 1. The summed E-state index contributed by atoms with van der Waals surface area (Å²) in [5, 5.41) is 0. The first-order valence-corrected chi connectivity index (χ1v) is 5.46. The number of methoxy groups -OCH3 is 1. The van der Waals surface area contributed by atoms with E-state index in [0.717, 1.165) is 29.0 Å². The minimum atomic E-state index is 0.536. The van der Waals surface area contributed by atoms with E-state index in [-0.39, 0.29) is 0 Å². The van der Waals surface area contributed by atoms with Crippen molar-refractivity contribution in [3.63, 3.8) is 0 Å². The molecule has 0 bridgehead atoms. The van der Waals surface area contributed by atoms with E-state index in [9.17, 15) is 0 Å². The Morgan fingerprint density at radius 1 is 1.19 bits per heavy atom. The van der Waals surface area contributed by atoms with Gasteiger partial charge in [-0.25, -0.2) is 0 Å². The number of hydrogen-bond acceptors (Lipinski definition) is 4. The standard InChI is InChI=1S/C12H17NO3/c1-14-8-10-3-2-9(4-5-13)11-12(10)16-7-6-15-11/h2-3H,4-8,13H2,1H3. The highest BCUT2D eigenvalue weighted by Gasteiger charge is 2.19. The molecular weight excluding hydrogens is 206 g/mol. The van der Waals surface area contributed by atoms with Crippen LogP contribution in [0.3, 0.4) is 0 Å². The first kappa shape index (κ1) is 11.2. The molecule has 0 aromatic heterocycles. The molecule has 4 nitrogen and oxygen atoms in total. The lowest BCUT2D eigenvalue weighted by molar-refractivity contribution is 0.152. The summed E-state index contributed by atoms with van der Waals surface area (Å²) in [4.78, 5) is 0. The zero-order valence-electron chi connectivity index (χ0n) is 9.49. The molecule has 0 saturated carbocycles. The second-order valence-corrected chi connectivity index (χ2v) is 3.71. The van der Waals surface area contributed by atoms with E-state index in [1.807, 2.05) is 12.1 Å². The monoisotopic (exact) mass is 223 g/mol. The van der Waals surface area contributed by atoms with Gasteiger partial charge in [-0.2, -0.15) is 0 Å². The van der Waals surface area contributed by atoms with Gasteiger partial charge >= 0.3 is 0 Å². The summed E-state index contributed by atoms with van der Waals surface area (Å²) in [5.74, 6) is 1.66. The molecule has 2 rings (SSSR count). The molecule has 1 aliphatic rings. The van der Waals surface area contributed by atoms with Crippen LogP contribution < -0.4 is 15.2 Å². The summed E-state index contributed by atoms with van der Waals surface area (Å²) >= 11 is 0. The van der Waals surface area contributed by atoms with Gasteiger partial charge < -0.3 is 19.9 Å². The van der Waals surface area contributed by atoms with E-state index in [2.05, 4.69) is 0 Å². The second-order valence-electron chi connectivity index (χ2n) is 3.71. The van der Waals surface area contributed by atoms with Crippen molar-refractivity contribution in [2.45, 2.75) is 13.0 Å². The van der Waals surface area contributed by atoms with Crippen molar-refractivity contribution in [1.82, 2.24) is 0 Å². The van der Waals surface area contributed by atoms with Crippen LogP contribution >= 0.6 is 0 Å². The Bertz CT molecular complexity index is 331. The molecule has 4 heteroatoms. The van der Waals surface area contributed by atoms with Gasteiger partial charge in [-0.15, -0.1) is 0 Å². The molecular formula is C12H17NO3. The number of fused-ring (bicyclic) bond motifs is 1. The van der Waals surface area contributed by atoms with Gasteiger partial charge in [-0.1, -0.05) is 12.1 Å². The Morgan fingerprint density at radius 2 is 1.81 bits per heavy atom. The van der Waals surface area contributed by atoms with Gasteiger partial charge in [0.1, 0.15) is 13.2 Å². The maximum atomic E-state index is 5.66. The predicted octanol–water partition coefficient (Wildman–Crippen LogP) is 1.11. The third kappa shape index (κ3) is 2.13. The molecule has 0 amide bonds. The summed E-state index contributed by atoms with van der Waals surface area (Å²) in [6.07, 6.45) is 0.805. The molecule has 0 aliphatic carbocycles. The largest absolute Gasteiger partial charge is 0.486 e. The number of ether oxygens (including phenoxy) is 3. The van der Waals surface area contributed by atoms with Crippen molar-refractivity contribution in [3.8, 4) is 11.5 Å². The average molecular weight is 223 g/mol. The molecule has 1 aromatic carbocycles. The minimum absolute atomic E-state index is 0.536. The van der Waals surface area contributed by atoms with Crippen molar-refractivity contribution in [2.24, 2.45) is 5.73 Å². The Labute approximate surface area is 95.3 Å². The van der Waals surface area contributed by atoms with Gasteiger partial charge in [0.25, 0.3) is 0 Å². The number of rotatable bonds is 4. The Balaban J connectivity index is 2.37. The van der Waals surface area contributed by atoms with Crippen LogP contribution in [0.25, 0.3) is 0 Å². The highest BCUT2D eigenvalue weighted by molar-refractivity contribution is 5.52. The van der Waals surface area contributed by atoms with E-state index in [0.29, 0.717) is 26.4 Å². The van der Waals surface area contributed by atoms with E-state index in [1.54, 1.807) is 7.11 Å². The summed E-state index contributed by atoms with van der Waals surface area (Å²) in [7, 11) is 1.67. The fourth-order valence-electron chi connectivity index (χ4n) is 1.87. The van der Waals surface area contributed by atoms with E-state index in [4.69, 9.17) is 19.9 Å². The zero-order chi connectivity index (χ0) is 11.4. The van der Waals surface area contributed by atoms with Gasteiger partial charge in [0, 0.05) is 12.7 Å². The van der Waals surface area contributed by atoms with Crippen LogP contribution in [-0.4, -0.2) is 26.9 Å². The van der Waals surface area contributed by atoms with Crippen LogP contribution in [0, 0.1) is 0 Å². The van der Waals surface area contributed by atoms with Crippen molar-refractivity contribution in [2.75, 3.05) is 26.9 Å². The predicted molar refractivity (Wildman–Crippen MR) is 60.9 cm³/mol. The maximum absolute atomic E-state index is 5.66. The fourth-order valence-corrected chi connectivity index (χ4v) is 1.87. The molecule has 0 spiro atoms. The quantitative estimate of drug-likeness (QED) is 0.830. The minimum Gasteiger partial charge on any atom is -0.486 e. The zero-order valence-corrected chi connectivity index (χ0v) is 9.49. The molecule has 0 fully saturated rings. The van der Waals surface area contributed by atoms with Crippen LogP contribution in [0.15, 0.2) is 12.1 Å². The van der Waals surface area contributed by atoms with Crippen LogP contribution in [0.1, 0.15) is 11.1 Å². The molecule has 0 unspecified atom stereocenters. The normalized spacial score (nSPS) is 13.9. The van der Waals surface area contributed by atoms with Gasteiger partial charge in [0.15, 0.2) is 11.5 Å². The highest BCUT2D eigenvalue weighted by Crippen LogP contribution is 2.37. The molecule has 88 valence electrons. The Kier molecular flexibility index (Phi) is 3.64. The molecule has 0 saturated heterocycles. The Morgan fingerprint density at radius 3 is 2.44 bits per heavy atom. The summed E-state index contributed by atoms with van der Waals surface area (Å²) < 4.78 is 16.4. The molecule has 0 atom stereocenters. The van der Waals surface area contributed by atoms with Gasteiger partial charge in [0.05, 0.1) is 6.61 Å². The molecule has 0 radical (unpaired) electrons. The van der Waals surface area contributed by atoms with Crippen molar-refractivity contribution < 1.29 is 14.2 Å². The summed E-state index contributed by atoms with van der Waals surface area (Å²) in [6, 6.07) is 4.05. The number of nitrogens with two attached hydrogens (primary N) is 1. The lowest BCUT2D eigenvalue weighted by Gasteiger charge is -2.23. The van der Waals surface area contributed by atoms with Crippen LogP contribution in [0.2, 0.25) is 0 Å². The first-order valence-electron chi connectivity index (χ1n) is 5.46. The van der Waals surface area contributed by atoms with Crippen molar-refractivity contribution >= 4 is 0 Å². The highest BCUT2D eigenvalue weighted by atomic mass is 16.6. The van der Waals surface area contributed by atoms with Crippen LogP contribution in [0.4, 0.5) is 0 Å². The molecule has 1 aliphatic heterocycles. The van der Waals surface area contributed by atoms with Crippen LogP contribution in [0.5, 0.6) is 11.5 Å². The molecule has 2 N–H and O–H groups in total.